The average Bonchev–Trinajstić information content (AvgIpc) is 2.83. The third kappa shape index (κ3) is 6.21. The molecule has 1 N–H and O–H groups in total. The van der Waals surface area contributed by atoms with Crippen molar-refractivity contribution in [2.45, 2.75) is 32.6 Å². The van der Waals surface area contributed by atoms with Crippen LogP contribution in [0.5, 0.6) is 0 Å². The zero-order valence-corrected chi connectivity index (χ0v) is 18.5. The molecule has 1 unspecified atom stereocenters. The molecule has 1 fully saturated rings. The fourth-order valence-corrected chi connectivity index (χ4v) is 3.69. The number of amides is 2. The number of carbonyl (C=O) groups is 3. The van der Waals surface area contributed by atoms with Crippen molar-refractivity contribution in [3.63, 3.8) is 0 Å². The zero-order chi connectivity index (χ0) is 22.9. The van der Waals surface area contributed by atoms with Gasteiger partial charge in [-0.25, -0.2) is 4.79 Å². The van der Waals surface area contributed by atoms with E-state index in [1.807, 2.05) is 42.2 Å². The first kappa shape index (κ1) is 23.1. The number of likely N-dealkylation sites (tertiary alicyclic amines) is 1. The molecule has 6 nitrogen and oxygen atoms in total. The Bertz CT molecular complexity index is 1050. The third-order valence-corrected chi connectivity index (χ3v) is 5.37. The molecule has 2 aromatic carbocycles. The van der Waals surface area contributed by atoms with Crippen LogP contribution < -0.4 is 5.32 Å². The summed E-state index contributed by atoms with van der Waals surface area (Å²) >= 11 is 0. The molecule has 6 heteroatoms. The van der Waals surface area contributed by atoms with Crippen LogP contribution >= 0.6 is 0 Å². The summed E-state index contributed by atoms with van der Waals surface area (Å²) in [4.78, 5) is 38.5. The number of rotatable bonds is 5. The summed E-state index contributed by atoms with van der Waals surface area (Å²) in [7, 11) is 1.34. The summed E-state index contributed by atoms with van der Waals surface area (Å²) in [6.07, 6.45) is 2.95. The lowest BCUT2D eigenvalue weighted by Crippen LogP contribution is -2.43. The molecule has 0 aliphatic carbocycles. The van der Waals surface area contributed by atoms with Crippen molar-refractivity contribution in [1.29, 1.82) is 0 Å². The number of ether oxygens (including phenoxy) is 1. The van der Waals surface area contributed by atoms with Crippen LogP contribution in [0.4, 0.5) is 5.69 Å². The highest BCUT2D eigenvalue weighted by molar-refractivity contribution is 5.93. The number of nitrogens with zero attached hydrogens (tertiary/aromatic N) is 1. The van der Waals surface area contributed by atoms with E-state index in [4.69, 9.17) is 4.74 Å². The molecule has 0 saturated carbocycles. The SMILES string of the molecule is CCCC(=O)N1CCCC(C(=O)Nc2cccc(C#Cc3cccc(C(=O)OC)c3)c2)C1. The first-order valence-corrected chi connectivity index (χ1v) is 10.9. The summed E-state index contributed by atoms with van der Waals surface area (Å²) in [6, 6.07) is 14.3. The second kappa shape index (κ2) is 11.1. The Morgan fingerprint density at radius 1 is 1.09 bits per heavy atom. The summed E-state index contributed by atoms with van der Waals surface area (Å²) < 4.78 is 4.74. The van der Waals surface area contributed by atoms with Gasteiger partial charge < -0.3 is 15.0 Å². The molecule has 0 aromatic heterocycles. The van der Waals surface area contributed by atoms with Crippen molar-refractivity contribution in [2.75, 3.05) is 25.5 Å². The van der Waals surface area contributed by atoms with Crippen molar-refractivity contribution >= 4 is 23.5 Å². The number of piperidine rings is 1. The Morgan fingerprint density at radius 2 is 1.81 bits per heavy atom. The number of methoxy groups -OCH3 is 1. The lowest BCUT2D eigenvalue weighted by Gasteiger charge is -2.32. The number of anilines is 1. The van der Waals surface area contributed by atoms with Gasteiger partial charge in [-0.15, -0.1) is 0 Å². The van der Waals surface area contributed by atoms with Gasteiger partial charge >= 0.3 is 5.97 Å². The molecule has 1 saturated heterocycles. The molecular formula is C26H28N2O4. The van der Waals surface area contributed by atoms with Crippen LogP contribution in [0.15, 0.2) is 48.5 Å². The van der Waals surface area contributed by atoms with Crippen LogP contribution in [0.25, 0.3) is 0 Å². The van der Waals surface area contributed by atoms with Gasteiger partial charge in [0.15, 0.2) is 0 Å². The number of hydrogen-bond acceptors (Lipinski definition) is 4. The number of nitrogens with one attached hydrogen (secondary N) is 1. The topological polar surface area (TPSA) is 75.7 Å². The molecule has 1 heterocycles. The minimum atomic E-state index is -0.406. The molecule has 1 aliphatic rings. The van der Waals surface area contributed by atoms with Crippen LogP contribution in [0.2, 0.25) is 0 Å². The standard InChI is InChI=1S/C26H28N2O4/c1-3-7-24(29)28-15-6-11-22(18-28)25(30)27-23-12-5-9-20(17-23)14-13-19-8-4-10-21(16-19)26(31)32-2/h4-5,8-10,12,16-17,22H,3,6-7,11,15,18H2,1-2H3,(H,27,30). The minimum absolute atomic E-state index is 0.0742. The van der Waals surface area contributed by atoms with Gasteiger partial charge in [-0.05, 0) is 55.7 Å². The van der Waals surface area contributed by atoms with Crippen LogP contribution in [-0.4, -0.2) is 42.9 Å². The van der Waals surface area contributed by atoms with Gasteiger partial charge in [-0.3, -0.25) is 9.59 Å². The van der Waals surface area contributed by atoms with E-state index in [1.165, 1.54) is 7.11 Å². The highest BCUT2D eigenvalue weighted by Gasteiger charge is 2.28. The Morgan fingerprint density at radius 3 is 2.53 bits per heavy atom. The van der Waals surface area contributed by atoms with Crippen molar-refractivity contribution in [1.82, 2.24) is 4.90 Å². The quantitative estimate of drug-likeness (QED) is 0.575. The fourth-order valence-electron chi connectivity index (χ4n) is 3.69. The molecule has 0 radical (unpaired) electrons. The Labute approximate surface area is 188 Å². The van der Waals surface area contributed by atoms with E-state index in [0.717, 1.165) is 31.4 Å². The molecular weight excluding hydrogens is 404 g/mol. The molecule has 1 aliphatic heterocycles. The van der Waals surface area contributed by atoms with Crippen molar-refractivity contribution in [2.24, 2.45) is 5.92 Å². The second-order valence-corrected chi connectivity index (χ2v) is 7.82. The Hall–Kier alpha value is -3.59. The maximum absolute atomic E-state index is 12.8. The zero-order valence-electron chi connectivity index (χ0n) is 18.5. The van der Waals surface area contributed by atoms with Gasteiger partial charge in [-0.2, -0.15) is 0 Å². The van der Waals surface area contributed by atoms with Gasteiger partial charge in [0.25, 0.3) is 0 Å². The summed E-state index contributed by atoms with van der Waals surface area (Å²) in [5, 5.41) is 2.97. The molecule has 1 atom stereocenters. The number of carbonyl (C=O) groups excluding carboxylic acids is 3. The predicted molar refractivity (Wildman–Crippen MR) is 123 cm³/mol. The van der Waals surface area contributed by atoms with Crippen molar-refractivity contribution in [3.05, 3.63) is 65.2 Å². The van der Waals surface area contributed by atoms with Gasteiger partial charge in [0.05, 0.1) is 18.6 Å². The van der Waals surface area contributed by atoms with Gasteiger partial charge in [0.1, 0.15) is 0 Å². The van der Waals surface area contributed by atoms with Crippen LogP contribution in [0.1, 0.15) is 54.1 Å². The molecule has 0 bridgehead atoms. The summed E-state index contributed by atoms with van der Waals surface area (Å²) in [6.45, 7) is 3.18. The molecule has 3 rings (SSSR count). The van der Waals surface area contributed by atoms with E-state index < -0.39 is 5.97 Å². The highest BCUT2D eigenvalue weighted by atomic mass is 16.5. The monoisotopic (exact) mass is 432 g/mol. The highest BCUT2D eigenvalue weighted by Crippen LogP contribution is 2.20. The Kier molecular flexibility index (Phi) is 8.04. The van der Waals surface area contributed by atoms with Crippen molar-refractivity contribution in [3.8, 4) is 11.8 Å². The maximum atomic E-state index is 12.8. The lowest BCUT2D eigenvalue weighted by atomic mass is 9.96. The lowest BCUT2D eigenvalue weighted by molar-refractivity contribution is -0.134. The summed E-state index contributed by atoms with van der Waals surface area (Å²) in [5.41, 5.74) is 2.55. The van der Waals surface area contributed by atoms with Crippen LogP contribution in [0.3, 0.4) is 0 Å². The fraction of sp³-hybridized carbons (Fsp3) is 0.346. The van der Waals surface area contributed by atoms with Gasteiger partial charge in [0.2, 0.25) is 11.8 Å². The van der Waals surface area contributed by atoms with Gasteiger partial charge in [0, 0.05) is 36.3 Å². The van der Waals surface area contributed by atoms with E-state index in [0.29, 0.717) is 29.8 Å². The summed E-state index contributed by atoms with van der Waals surface area (Å²) in [5.74, 6) is 5.54. The molecule has 2 aromatic rings. The minimum Gasteiger partial charge on any atom is -0.465 e. The van der Waals surface area contributed by atoms with E-state index in [2.05, 4.69) is 17.2 Å². The van der Waals surface area contributed by atoms with Crippen LogP contribution in [0, 0.1) is 17.8 Å². The number of benzene rings is 2. The van der Waals surface area contributed by atoms with Crippen LogP contribution in [-0.2, 0) is 14.3 Å². The van der Waals surface area contributed by atoms with E-state index in [-0.39, 0.29) is 17.7 Å². The Balaban J connectivity index is 1.66. The largest absolute Gasteiger partial charge is 0.465 e. The molecule has 166 valence electrons. The van der Waals surface area contributed by atoms with E-state index in [1.54, 1.807) is 18.2 Å². The van der Waals surface area contributed by atoms with Crippen molar-refractivity contribution < 1.29 is 19.1 Å². The van der Waals surface area contributed by atoms with E-state index in [9.17, 15) is 14.4 Å². The smallest absolute Gasteiger partial charge is 0.337 e. The van der Waals surface area contributed by atoms with E-state index >= 15 is 0 Å². The normalized spacial score (nSPS) is 15.3. The molecule has 32 heavy (non-hydrogen) atoms. The number of esters is 1. The first-order valence-electron chi connectivity index (χ1n) is 10.9. The predicted octanol–water partition coefficient (Wildman–Crippen LogP) is 3.85. The molecule has 0 spiro atoms. The van der Waals surface area contributed by atoms with Gasteiger partial charge in [-0.1, -0.05) is 30.9 Å². The number of hydrogen-bond donors (Lipinski definition) is 1. The second-order valence-electron chi connectivity index (χ2n) is 7.82. The molecule has 2 amide bonds. The maximum Gasteiger partial charge on any atom is 0.337 e. The third-order valence-electron chi connectivity index (χ3n) is 5.37. The average molecular weight is 433 g/mol. The first-order chi connectivity index (χ1) is 15.5.